The van der Waals surface area contributed by atoms with Gasteiger partial charge in [-0.3, -0.25) is 4.79 Å². The van der Waals surface area contributed by atoms with Gasteiger partial charge in [-0.25, -0.2) is 14.2 Å². The van der Waals surface area contributed by atoms with Crippen molar-refractivity contribution in [3.63, 3.8) is 0 Å². The van der Waals surface area contributed by atoms with Crippen molar-refractivity contribution in [2.45, 2.75) is 19.5 Å². The van der Waals surface area contributed by atoms with Crippen LogP contribution in [0.1, 0.15) is 35.9 Å². The summed E-state index contributed by atoms with van der Waals surface area (Å²) >= 11 is 0. The average molecular weight is 473 g/mol. The second-order valence-corrected chi connectivity index (χ2v) is 8.50. The lowest BCUT2D eigenvalue weighted by Gasteiger charge is -2.21. The summed E-state index contributed by atoms with van der Waals surface area (Å²) in [6.45, 7) is 1.91. The molecule has 1 atom stereocenters. The monoisotopic (exact) mass is 472 g/mol. The highest BCUT2D eigenvalue weighted by molar-refractivity contribution is 6.09. The molecule has 0 aliphatic carbocycles. The van der Waals surface area contributed by atoms with Crippen molar-refractivity contribution in [3.8, 4) is 11.3 Å². The maximum atomic E-state index is 13.8. The van der Waals surface area contributed by atoms with E-state index in [1.54, 1.807) is 26.2 Å². The average Bonchev–Trinajstić information content (AvgIpc) is 2.86. The highest BCUT2D eigenvalue weighted by atomic mass is 19.1. The molecule has 0 saturated carbocycles. The Labute approximate surface area is 205 Å². The number of benzene rings is 3. The second-order valence-electron chi connectivity index (χ2n) is 8.50. The number of nitrogens with zero attached hydrogens (tertiary/aromatic N) is 2. The van der Waals surface area contributed by atoms with Gasteiger partial charge in [-0.15, -0.1) is 0 Å². The molecule has 7 heteroatoms. The molecule has 0 aliphatic rings. The van der Waals surface area contributed by atoms with Crippen LogP contribution in [0.15, 0.2) is 78.9 Å². The summed E-state index contributed by atoms with van der Waals surface area (Å²) in [6.07, 6.45) is 0. The van der Waals surface area contributed by atoms with Crippen LogP contribution in [0.2, 0.25) is 0 Å². The third-order valence-electron chi connectivity index (χ3n) is 5.79. The number of para-hydroxylation sites is 1. The number of urea groups is 1. The number of halogens is 1. The number of fused-ring (bicyclic) bond motifs is 1. The smallest absolute Gasteiger partial charge is 0.317 e. The van der Waals surface area contributed by atoms with Gasteiger partial charge in [0.2, 0.25) is 0 Å². The highest BCUT2D eigenvalue weighted by Gasteiger charge is 2.23. The molecule has 0 radical (unpaired) electrons. The summed E-state index contributed by atoms with van der Waals surface area (Å²) < 4.78 is 13.8. The largest absolute Gasteiger partial charge is 0.345 e. The first kappa shape index (κ1) is 23.9. The van der Waals surface area contributed by atoms with Crippen LogP contribution in [0.5, 0.6) is 0 Å². The number of pyridine rings is 1. The SMILES string of the molecule is C[C@H](NC(=O)c1c(CNC(=O)N(C)C)c(-c2ccccc2)nc2ccccc12)c1cccc(F)c1.[HH]. The van der Waals surface area contributed by atoms with Gasteiger partial charge < -0.3 is 15.5 Å². The van der Waals surface area contributed by atoms with E-state index in [9.17, 15) is 14.0 Å². The van der Waals surface area contributed by atoms with Crippen molar-refractivity contribution in [2.75, 3.05) is 14.1 Å². The van der Waals surface area contributed by atoms with E-state index in [-0.39, 0.29) is 25.7 Å². The summed E-state index contributed by atoms with van der Waals surface area (Å²) in [5.41, 5.74) is 3.80. The molecule has 0 spiro atoms. The van der Waals surface area contributed by atoms with Crippen LogP contribution in [-0.4, -0.2) is 35.9 Å². The Balaban J connectivity index is 0.00000361. The van der Waals surface area contributed by atoms with Crippen molar-refractivity contribution in [3.05, 3.63) is 101 Å². The van der Waals surface area contributed by atoms with E-state index >= 15 is 0 Å². The van der Waals surface area contributed by atoms with Gasteiger partial charge in [-0.2, -0.15) is 0 Å². The molecule has 1 aromatic heterocycles. The van der Waals surface area contributed by atoms with Gasteiger partial charge in [-0.05, 0) is 30.7 Å². The van der Waals surface area contributed by atoms with Gasteiger partial charge in [0.25, 0.3) is 5.91 Å². The van der Waals surface area contributed by atoms with Crippen LogP contribution in [0, 0.1) is 5.82 Å². The molecule has 0 saturated heterocycles. The van der Waals surface area contributed by atoms with Crippen molar-refractivity contribution in [2.24, 2.45) is 0 Å². The van der Waals surface area contributed by atoms with Gasteiger partial charge in [0.15, 0.2) is 0 Å². The minimum Gasteiger partial charge on any atom is -0.345 e. The van der Waals surface area contributed by atoms with Crippen molar-refractivity contribution in [1.82, 2.24) is 20.5 Å². The maximum Gasteiger partial charge on any atom is 0.317 e. The second kappa shape index (κ2) is 10.3. The Morgan fingerprint density at radius 1 is 1.00 bits per heavy atom. The molecule has 6 nitrogen and oxygen atoms in total. The number of carbonyl (C=O) groups excluding carboxylic acids is 2. The van der Waals surface area contributed by atoms with Gasteiger partial charge in [0.05, 0.1) is 22.8 Å². The molecule has 4 aromatic rings. The quantitative estimate of drug-likeness (QED) is 0.386. The third-order valence-corrected chi connectivity index (χ3v) is 5.79. The number of rotatable bonds is 6. The Hall–Kier alpha value is -4.26. The summed E-state index contributed by atoms with van der Waals surface area (Å²) in [6, 6.07) is 22.4. The van der Waals surface area contributed by atoms with Crippen LogP contribution in [-0.2, 0) is 6.54 Å². The zero-order valence-corrected chi connectivity index (χ0v) is 19.9. The van der Waals surface area contributed by atoms with E-state index in [0.717, 1.165) is 5.56 Å². The molecular weight excluding hydrogens is 443 g/mol. The zero-order valence-electron chi connectivity index (χ0n) is 19.9. The van der Waals surface area contributed by atoms with Crippen molar-refractivity contribution < 1.29 is 15.4 Å². The fourth-order valence-electron chi connectivity index (χ4n) is 3.97. The summed E-state index contributed by atoms with van der Waals surface area (Å²) in [4.78, 5) is 32.4. The lowest BCUT2D eigenvalue weighted by molar-refractivity contribution is 0.0940. The van der Waals surface area contributed by atoms with Crippen LogP contribution in [0.3, 0.4) is 0 Å². The number of carbonyl (C=O) groups is 2. The topological polar surface area (TPSA) is 74.3 Å². The van der Waals surface area contributed by atoms with Crippen LogP contribution in [0.4, 0.5) is 9.18 Å². The molecule has 180 valence electrons. The van der Waals surface area contributed by atoms with E-state index < -0.39 is 6.04 Å². The fraction of sp³-hybridized carbons (Fsp3) is 0.179. The fourth-order valence-corrected chi connectivity index (χ4v) is 3.97. The number of amides is 3. The summed E-state index contributed by atoms with van der Waals surface area (Å²) in [5.74, 6) is -0.692. The Bertz CT molecular complexity index is 1380. The van der Waals surface area contributed by atoms with E-state index in [2.05, 4.69) is 10.6 Å². The number of hydrogen-bond acceptors (Lipinski definition) is 3. The Kier molecular flexibility index (Phi) is 7.06. The van der Waals surface area contributed by atoms with E-state index in [1.165, 1.54) is 17.0 Å². The third kappa shape index (κ3) is 5.30. The minimum atomic E-state index is -0.436. The normalized spacial score (nSPS) is 11.7. The minimum absolute atomic E-state index is 0. The number of hydrogen-bond donors (Lipinski definition) is 2. The van der Waals surface area contributed by atoms with Gasteiger partial charge in [0.1, 0.15) is 5.82 Å². The van der Waals surface area contributed by atoms with Gasteiger partial charge in [0, 0.05) is 38.6 Å². The zero-order chi connectivity index (χ0) is 24.9. The van der Waals surface area contributed by atoms with Gasteiger partial charge >= 0.3 is 6.03 Å². The summed E-state index contributed by atoms with van der Waals surface area (Å²) in [5, 5.41) is 6.55. The van der Waals surface area contributed by atoms with Crippen LogP contribution < -0.4 is 10.6 Å². The number of aromatic nitrogens is 1. The maximum absolute atomic E-state index is 13.8. The molecule has 2 N–H and O–H groups in total. The molecule has 0 aliphatic heterocycles. The van der Waals surface area contributed by atoms with Crippen LogP contribution >= 0.6 is 0 Å². The van der Waals surface area contributed by atoms with E-state index in [4.69, 9.17) is 4.98 Å². The molecule has 3 aromatic carbocycles. The van der Waals surface area contributed by atoms with E-state index in [1.807, 2.05) is 61.5 Å². The van der Waals surface area contributed by atoms with Crippen molar-refractivity contribution >= 4 is 22.8 Å². The number of nitrogens with one attached hydrogen (secondary N) is 2. The molecule has 0 unspecified atom stereocenters. The first-order valence-electron chi connectivity index (χ1n) is 11.3. The Morgan fingerprint density at radius 3 is 2.43 bits per heavy atom. The highest BCUT2D eigenvalue weighted by Crippen LogP contribution is 2.31. The molecular formula is C28H29FN4O2. The predicted octanol–water partition coefficient (Wildman–Crippen LogP) is 5.55. The lowest BCUT2D eigenvalue weighted by Crippen LogP contribution is -2.35. The molecule has 0 fully saturated rings. The standard InChI is InChI=1S/C28H27FN4O2.H2/c1-18(20-12-9-13-21(29)16-20)31-27(34)25-22-14-7-8-15-24(22)32-26(19-10-5-4-6-11-19)23(25)17-30-28(35)33(2)3;/h4-16,18H,17H2,1-3H3,(H,30,35)(H,31,34);1H/t18-;/m0./s1. The predicted molar refractivity (Wildman–Crippen MR) is 137 cm³/mol. The first-order chi connectivity index (χ1) is 16.8. The lowest BCUT2D eigenvalue weighted by atomic mass is 9.95. The molecule has 1 heterocycles. The van der Waals surface area contributed by atoms with E-state index in [0.29, 0.717) is 33.3 Å². The molecule has 0 bridgehead atoms. The van der Waals surface area contributed by atoms with Crippen molar-refractivity contribution in [1.29, 1.82) is 0 Å². The van der Waals surface area contributed by atoms with Gasteiger partial charge in [-0.1, -0.05) is 60.7 Å². The molecule has 35 heavy (non-hydrogen) atoms. The Morgan fingerprint density at radius 2 is 1.71 bits per heavy atom. The first-order valence-corrected chi connectivity index (χ1v) is 11.3. The molecule has 3 amide bonds. The van der Waals surface area contributed by atoms with Crippen LogP contribution in [0.25, 0.3) is 22.2 Å². The summed E-state index contributed by atoms with van der Waals surface area (Å²) in [7, 11) is 3.31. The molecule has 4 rings (SSSR count).